The van der Waals surface area contributed by atoms with E-state index >= 15 is 0 Å². The molecule has 0 unspecified atom stereocenters. The fourth-order valence-electron chi connectivity index (χ4n) is 11.0. The summed E-state index contributed by atoms with van der Waals surface area (Å²) in [5.41, 5.74) is 17.6. The number of hydrogen-bond donors (Lipinski definition) is 0. The molecule has 9 aromatic carbocycles. The summed E-state index contributed by atoms with van der Waals surface area (Å²) in [5.74, 6) is 0. The highest BCUT2D eigenvalue weighted by molar-refractivity contribution is 6.99. The van der Waals surface area contributed by atoms with E-state index in [1.807, 2.05) is 0 Å². The maximum absolute atomic E-state index is 2.62. The molecule has 1 aliphatic rings. The van der Waals surface area contributed by atoms with Crippen LogP contribution in [-0.2, 0) is 4.66 Å². The Bertz CT molecular complexity index is 3060. The molecule has 308 valence electrons. The molecular formula is C59H54N2Si2. The van der Waals surface area contributed by atoms with Gasteiger partial charge in [-0.05, 0) is 134 Å². The van der Waals surface area contributed by atoms with Gasteiger partial charge < -0.3 is 9.80 Å². The van der Waals surface area contributed by atoms with Crippen molar-refractivity contribution in [2.75, 3.05) is 9.80 Å². The predicted octanol–water partition coefficient (Wildman–Crippen LogP) is 17.1. The highest BCUT2D eigenvalue weighted by atomic mass is 28.4. The molecule has 0 heterocycles. The van der Waals surface area contributed by atoms with Crippen molar-refractivity contribution >= 4 is 61.0 Å². The summed E-state index contributed by atoms with van der Waals surface area (Å²) < 4.78 is -0.0533. The molecule has 2 nitrogen and oxygen atoms in total. The standard InChI is InChI=1S/C59H54N2Si2/c1-62(2,3)59(63(4,5)6)57-41-48-39-53(60(49-27-15-9-16-28-49)51-31-19-25-45(37-51)43-21-11-7-12-22-43)34-33-47(48)40-56(57)55-36-35-54(42-58(55)59)61(50-29-17-10-18-30-50)52-32-20-26-46(38-52)44-23-13-8-14-24-44/h7-42H,1-6H3. The summed E-state index contributed by atoms with van der Waals surface area (Å²) in [7, 11) is -4.03. The largest absolute Gasteiger partial charge is 0.310 e. The molecule has 0 radical (unpaired) electrons. The van der Waals surface area contributed by atoms with E-state index in [1.54, 1.807) is 0 Å². The molecular weight excluding hydrogens is 793 g/mol. The summed E-state index contributed by atoms with van der Waals surface area (Å²) in [6.45, 7) is 15.7. The maximum atomic E-state index is 2.62. The van der Waals surface area contributed by atoms with E-state index in [-0.39, 0.29) is 4.66 Å². The van der Waals surface area contributed by atoms with Gasteiger partial charge in [0.1, 0.15) is 0 Å². The van der Waals surface area contributed by atoms with Crippen LogP contribution in [0.15, 0.2) is 218 Å². The molecule has 0 saturated heterocycles. The minimum Gasteiger partial charge on any atom is -0.310 e. The molecule has 0 amide bonds. The second-order valence-electron chi connectivity index (χ2n) is 19.1. The summed E-state index contributed by atoms with van der Waals surface area (Å²) in [5, 5.41) is 2.55. The first-order valence-corrected chi connectivity index (χ1v) is 29.3. The number of rotatable bonds is 10. The van der Waals surface area contributed by atoms with Gasteiger partial charge in [-0.1, -0.05) is 179 Å². The van der Waals surface area contributed by atoms with Gasteiger partial charge in [-0.15, -0.1) is 0 Å². The van der Waals surface area contributed by atoms with Crippen LogP contribution in [0, 0.1) is 0 Å². The molecule has 9 aromatic rings. The SMILES string of the molecule is C[Si](C)(C)C1([Si](C)(C)C)c2cc(N(c3ccccc3)c3cccc(-c4ccccc4)c3)ccc2-c2cc3ccc(N(c4ccccc4)c4cccc(-c5ccccc5)c4)cc3cc21. The molecule has 0 aliphatic heterocycles. The molecule has 1 aliphatic carbocycles. The first-order chi connectivity index (χ1) is 30.5. The van der Waals surface area contributed by atoms with Crippen LogP contribution in [-0.4, -0.2) is 16.1 Å². The molecule has 4 heteroatoms. The molecule has 0 saturated carbocycles. The molecule has 0 bridgehead atoms. The molecule has 0 aromatic heterocycles. The van der Waals surface area contributed by atoms with Gasteiger partial charge >= 0.3 is 0 Å². The van der Waals surface area contributed by atoms with Crippen LogP contribution in [0.2, 0.25) is 39.3 Å². The van der Waals surface area contributed by atoms with Crippen molar-refractivity contribution in [2.24, 2.45) is 0 Å². The third kappa shape index (κ3) is 7.04. The smallest absolute Gasteiger partial charge is 0.0579 e. The molecule has 0 atom stereocenters. The van der Waals surface area contributed by atoms with Crippen molar-refractivity contribution in [2.45, 2.75) is 43.9 Å². The Morgan fingerprint density at radius 3 is 1.17 bits per heavy atom. The lowest BCUT2D eigenvalue weighted by molar-refractivity contribution is 0.953. The molecule has 0 N–H and O–H groups in total. The lowest BCUT2D eigenvalue weighted by atomic mass is 9.99. The minimum absolute atomic E-state index is 0.0533. The van der Waals surface area contributed by atoms with Crippen LogP contribution in [0.25, 0.3) is 44.2 Å². The Morgan fingerprint density at radius 2 is 0.683 bits per heavy atom. The summed E-state index contributed by atoms with van der Waals surface area (Å²) in [4.78, 5) is 4.87. The molecule has 0 fully saturated rings. The van der Waals surface area contributed by atoms with Crippen LogP contribution in [0.4, 0.5) is 34.1 Å². The third-order valence-electron chi connectivity index (χ3n) is 13.3. The fraction of sp³-hybridized carbons (Fsp3) is 0.119. The predicted molar refractivity (Wildman–Crippen MR) is 277 cm³/mol. The summed E-state index contributed by atoms with van der Waals surface area (Å²) in [6.07, 6.45) is 0. The van der Waals surface area contributed by atoms with E-state index in [9.17, 15) is 0 Å². The van der Waals surface area contributed by atoms with Crippen LogP contribution >= 0.6 is 0 Å². The zero-order valence-electron chi connectivity index (χ0n) is 37.2. The summed E-state index contributed by atoms with van der Waals surface area (Å²) >= 11 is 0. The third-order valence-corrected chi connectivity index (χ3v) is 23.4. The van der Waals surface area contributed by atoms with E-state index in [1.165, 1.54) is 61.0 Å². The van der Waals surface area contributed by atoms with E-state index in [0.717, 1.165) is 28.4 Å². The Kier molecular flexibility index (Phi) is 10.2. The lowest BCUT2D eigenvalue weighted by Gasteiger charge is -2.51. The number of para-hydroxylation sites is 2. The van der Waals surface area contributed by atoms with Crippen molar-refractivity contribution in [3.8, 4) is 33.4 Å². The van der Waals surface area contributed by atoms with Crippen LogP contribution in [0.1, 0.15) is 11.1 Å². The minimum atomic E-state index is -2.02. The molecule has 63 heavy (non-hydrogen) atoms. The Balaban J connectivity index is 1.15. The quantitative estimate of drug-likeness (QED) is 0.127. The first-order valence-electron chi connectivity index (χ1n) is 22.3. The highest BCUT2D eigenvalue weighted by Gasteiger charge is 2.59. The van der Waals surface area contributed by atoms with Crippen molar-refractivity contribution < 1.29 is 0 Å². The van der Waals surface area contributed by atoms with Crippen LogP contribution < -0.4 is 9.80 Å². The summed E-state index contributed by atoms with van der Waals surface area (Å²) in [6, 6.07) is 80.7. The van der Waals surface area contributed by atoms with Crippen LogP contribution in [0.3, 0.4) is 0 Å². The first kappa shape index (κ1) is 40.4. The lowest BCUT2D eigenvalue weighted by Crippen LogP contribution is -2.63. The number of benzene rings is 9. The van der Waals surface area contributed by atoms with E-state index in [0.29, 0.717) is 0 Å². The van der Waals surface area contributed by atoms with Gasteiger partial charge in [-0.2, -0.15) is 0 Å². The van der Waals surface area contributed by atoms with Gasteiger partial charge in [0.2, 0.25) is 0 Å². The Labute approximate surface area is 375 Å². The zero-order chi connectivity index (χ0) is 43.3. The number of hydrogen-bond acceptors (Lipinski definition) is 2. The normalized spacial score (nSPS) is 13.0. The van der Waals surface area contributed by atoms with Gasteiger partial charge in [0.05, 0.1) is 16.1 Å². The maximum Gasteiger partial charge on any atom is 0.0579 e. The van der Waals surface area contributed by atoms with Gasteiger partial charge in [0.25, 0.3) is 0 Å². The van der Waals surface area contributed by atoms with Crippen molar-refractivity contribution in [3.63, 3.8) is 0 Å². The Hall–Kier alpha value is -6.73. The van der Waals surface area contributed by atoms with Crippen molar-refractivity contribution in [1.29, 1.82) is 0 Å². The van der Waals surface area contributed by atoms with Gasteiger partial charge in [-0.3, -0.25) is 0 Å². The zero-order valence-corrected chi connectivity index (χ0v) is 39.2. The van der Waals surface area contributed by atoms with Gasteiger partial charge in [-0.25, -0.2) is 0 Å². The van der Waals surface area contributed by atoms with Crippen LogP contribution in [0.5, 0.6) is 0 Å². The number of nitrogens with zero attached hydrogens (tertiary/aromatic N) is 2. The van der Waals surface area contributed by atoms with E-state index < -0.39 is 16.1 Å². The average molecular weight is 847 g/mol. The average Bonchev–Trinajstić information content (AvgIpc) is 3.60. The van der Waals surface area contributed by atoms with Crippen molar-refractivity contribution in [1.82, 2.24) is 0 Å². The second-order valence-corrected chi connectivity index (χ2v) is 30.1. The van der Waals surface area contributed by atoms with E-state index in [4.69, 9.17) is 0 Å². The molecule has 0 spiro atoms. The highest BCUT2D eigenvalue weighted by Crippen LogP contribution is 2.59. The fourth-order valence-corrected chi connectivity index (χ4v) is 24.1. The second kappa shape index (κ2) is 15.9. The Morgan fingerprint density at radius 1 is 0.286 bits per heavy atom. The van der Waals surface area contributed by atoms with Crippen molar-refractivity contribution in [3.05, 3.63) is 230 Å². The monoisotopic (exact) mass is 846 g/mol. The number of anilines is 6. The molecule has 10 rings (SSSR count). The van der Waals surface area contributed by atoms with Gasteiger partial charge in [0.15, 0.2) is 0 Å². The van der Waals surface area contributed by atoms with E-state index in [2.05, 4.69) is 267 Å². The number of fused-ring (bicyclic) bond motifs is 4. The topological polar surface area (TPSA) is 6.48 Å². The van der Waals surface area contributed by atoms with Gasteiger partial charge in [0, 0.05) is 38.8 Å².